The van der Waals surface area contributed by atoms with E-state index in [9.17, 15) is 0 Å². The zero-order valence-electron chi connectivity index (χ0n) is 8.79. The third-order valence-corrected chi connectivity index (χ3v) is 3.61. The van der Waals surface area contributed by atoms with Gasteiger partial charge in [-0.3, -0.25) is 0 Å². The van der Waals surface area contributed by atoms with Crippen LogP contribution >= 0.6 is 11.3 Å². The molecule has 0 fully saturated rings. The Morgan fingerprint density at radius 1 is 1.46 bits per heavy atom. The Morgan fingerprint density at radius 3 is 2.69 bits per heavy atom. The van der Waals surface area contributed by atoms with Crippen molar-refractivity contribution in [2.45, 2.75) is 46.0 Å². The normalized spacial score (nSPS) is 15.6. The molecule has 0 aromatic carbocycles. The number of aromatic nitrogens is 1. The predicted molar refractivity (Wildman–Crippen MR) is 59.2 cm³/mol. The van der Waals surface area contributed by atoms with Crippen LogP contribution in [0.1, 0.15) is 51.0 Å². The zero-order valence-corrected chi connectivity index (χ0v) is 9.60. The lowest BCUT2D eigenvalue weighted by atomic mass is 9.89. The molecule has 2 heteroatoms. The predicted octanol–water partition coefficient (Wildman–Crippen LogP) is 4.07. The lowest BCUT2D eigenvalue weighted by Gasteiger charge is -2.19. The first kappa shape index (κ1) is 10.7. The first-order valence-corrected chi connectivity index (χ1v) is 6.06. The molecule has 0 amide bonds. The molecule has 1 heterocycles. The van der Waals surface area contributed by atoms with Crippen molar-refractivity contribution in [1.29, 1.82) is 0 Å². The average Bonchev–Trinajstić information content (AvgIpc) is 2.65. The Labute approximate surface area is 85.2 Å². The van der Waals surface area contributed by atoms with Crippen LogP contribution in [0.3, 0.4) is 0 Å². The molecule has 0 aliphatic carbocycles. The van der Waals surface area contributed by atoms with E-state index in [-0.39, 0.29) is 0 Å². The largest absolute Gasteiger partial charge is 0.249 e. The maximum Gasteiger partial charge on any atom is 0.0958 e. The number of hydrogen-bond donors (Lipinski definition) is 0. The van der Waals surface area contributed by atoms with Gasteiger partial charge in [-0.1, -0.05) is 33.6 Å². The Bertz CT molecular complexity index is 218. The van der Waals surface area contributed by atoms with Gasteiger partial charge in [0.05, 0.1) is 5.01 Å². The van der Waals surface area contributed by atoms with Gasteiger partial charge >= 0.3 is 0 Å². The molecule has 13 heavy (non-hydrogen) atoms. The van der Waals surface area contributed by atoms with Gasteiger partial charge in [0.25, 0.3) is 0 Å². The minimum absolute atomic E-state index is 0.690. The quantitative estimate of drug-likeness (QED) is 0.693. The Kier molecular flexibility index (Phi) is 4.43. The fourth-order valence-electron chi connectivity index (χ4n) is 1.66. The molecule has 0 N–H and O–H groups in total. The average molecular weight is 197 g/mol. The van der Waals surface area contributed by atoms with E-state index in [1.807, 2.05) is 6.20 Å². The molecule has 0 radical (unpaired) electrons. The number of thiazole rings is 1. The van der Waals surface area contributed by atoms with Crippen molar-refractivity contribution in [1.82, 2.24) is 4.98 Å². The molecule has 0 saturated carbocycles. The van der Waals surface area contributed by atoms with Crippen molar-refractivity contribution >= 4 is 11.3 Å². The van der Waals surface area contributed by atoms with Crippen molar-refractivity contribution in [3.8, 4) is 0 Å². The highest BCUT2D eigenvalue weighted by atomic mass is 32.1. The van der Waals surface area contributed by atoms with E-state index in [1.165, 1.54) is 24.3 Å². The van der Waals surface area contributed by atoms with E-state index >= 15 is 0 Å². The van der Waals surface area contributed by atoms with Crippen molar-refractivity contribution in [2.24, 2.45) is 5.92 Å². The van der Waals surface area contributed by atoms with Crippen LogP contribution in [0, 0.1) is 5.92 Å². The molecule has 1 rings (SSSR count). The second kappa shape index (κ2) is 5.38. The monoisotopic (exact) mass is 197 g/mol. The SMILES string of the molecule is CCCC(c1nccs1)C(C)CC. The molecule has 1 nitrogen and oxygen atoms in total. The molecule has 0 aliphatic rings. The highest BCUT2D eigenvalue weighted by molar-refractivity contribution is 7.09. The van der Waals surface area contributed by atoms with Gasteiger partial charge in [-0.2, -0.15) is 0 Å². The highest BCUT2D eigenvalue weighted by Crippen LogP contribution is 2.32. The molecule has 1 aromatic heterocycles. The Balaban J connectivity index is 2.68. The van der Waals surface area contributed by atoms with E-state index in [2.05, 4.69) is 31.1 Å². The van der Waals surface area contributed by atoms with Gasteiger partial charge in [0, 0.05) is 17.5 Å². The zero-order chi connectivity index (χ0) is 9.68. The number of rotatable bonds is 5. The van der Waals surface area contributed by atoms with E-state index < -0.39 is 0 Å². The fourth-order valence-corrected chi connectivity index (χ4v) is 2.57. The van der Waals surface area contributed by atoms with Gasteiger partial charge < -0.3 is 0 Å². The topological polar surface area (TPSA) is 12.9 Å². The van der Waals surface area contributed by atoms with Gasteiger partial charge in [-0.05, 0) is 12.3 Å². The van der Waals surface area contributed by atoms with Gasteiger partial charge in [0.2, 0.25) is 0 Å². The molecule has 0 spiro atoms. The molecular formula is C11H19NS. The summed E-state index contributed by atoms with van der Waals surface area (Å²) >= 11 is 1.80. The third-order valence-electron chi connectivity index (χ3n) is 2.70. The summed E-state index contributed by atoms with van der Waals surface area (Å²) in [6.45, 7) is 6.85. The summed E-state index contributed by atoms with van der Waals surface area (Å²) in [6, 6.07) is 0. The minimum Gasteiger partial charge on any atom is -0.249 e. The maximum atomic E-state index is 4.42. The Hall–Kier alpha value is -0.370. The smallest absolute Gasteiger partial charge is 0.0958 e. The molecule has 0 saturated heterocycles. The van der Waals surface area contributed by atoms with E-state index in [1.54, 1.807) is 11.3 Å². The number of nitrogens with zero attached hydrogens (tertiary/aromatic N) is 1. The maximum absolute atomic E-state index is 4.42. The molecule has 2 atom stereocenters. The minimum atomic E-state index is 0.690. The van der Waals surface area contributed by atoms with Crippen molar-refractivity contribution in [3.05, 3.63) is 16.6 Å². The summed E-state index contributed by atoms with van der Waals surface area (Å²) in [4.78, 5) is 4.42. The third kappa shape index (κ3) is 2.80. The molecule has 1 aromatic rings. The van der Waals surface area contributed by atoms with Crippen LogP contribution in [0.4, 0.5) is 0 Å². The van der Waals surface area contributed by atoms with Crippen LogP contribution in [-0.4, -0.2) is 4.98 Å². The van der Waals surface area contributed by atoms with E-state index in [0.717, 1.165) is 5.92 Å². The first-order chi connectivity index (χ1) is 6.29. The van der Waals surface area contributed by atoms with Crippen LogP contribution in [0.25, 0.3) is 0 Å². The molecule has 0 bridgehead atoms. The second-order valence-electron chi connectivity index (χ2n) is 3.65. The van der Waals surface area contributed by atoms with Crippen LogP contribution in [-0.2, 0) is 0 Å². The molecule has 74 valence electrons. The highest BCUT2D eigenvalue weighted by Gasteiger charge is 2.18. The van der Waals surface area contributed by atoms with E-state index in [0.29, 0.717) is 5.92 Å². The molecular weight excluding hydrogens is 178 g/mol. The van der Waals surface area contributed by atoms with E-state index in [4.69, 9.17) is 0 Å². The summed E-state index contributed by atoms with van der Waals surface area (Å²) in [5.74, 6) is 1.46. The fraction of sp³-hybridized carbons (Fsp3) is 0.727. The van der Waals surface area contributed by atoms with Gasteiger partial charge in [0.15, 0.2) is 0 Å². The van der Waals surface area contributed by atoms with Gasteiger partial charge in [-0.15, -0.1) is 11.3 Å². The van der Waals surface area contributed by atoms with Crippen LogP contribution in [0.5, 0.6) is 0 Å². The molecule has 0 aliphatic heterocycles. The van der Waals surface area contributed by atoms with Crippen molar-refractivity contribution in [2.75, 3.05) is 0 Å². The molecule has 2 unspecified atom stereocenters. The van der Waals surface area contributed by atoms with Crippen molar-refractivity contribution < 1.29 is 0 Å². The summed E-state index contributed by atoms with van der Waals surface area (Å²) in [5.41, 5.74) is 0. The van der Waals surface area contributed by atoms with Crippen LogP contribution in [0.15, 0.2) is 11.6 Å². The standard InChI is InChI=1S/C11H19NS/c1-4-6-10(9(3)5-2)11-12-7-8-13-11/h7-10H,4-6H2,1-3H3. The van der Waals surface area contributed by atoms with Gasteiger partial charge in [0.1, 0.15) is 0 Å². The van der Waals surface area contributed by atoms with Crippen molar-refractivity contribution in [3.63, 3.8) is 0 Å². The summed E-state index contributed by atoms with van der Waals surface area (Å²) in [5, 5.41) is 3.41. The summed E-state index contributed by atoms with van der Waals surface area (Å²) < 4.78 is 0. The lowest BCUT2D eigenvalue weighted by molar-refractivity contribution is 0.417. The number of hydrogen-bond acceptors (Lipinski definition) is 2. The summed E-state index contributed by atoms with van der Waals surface area (Å²) in [6.07, 6.45) is 5.71. The lowest BCUT2D eigenvalue weighted by Crippen LogP contribution is -2.08. The van der Waals surface area contributed by atoms with Crippen LogP contribution in [0.2, 0.25) is 0 Å². The van der Waals surface area contributed by atoms with Crippen LogP contribution < -0.4 is 0 Å². The first-order valence-electron chi connectivity index (χ1n) is 5.19. The summed E-state index contributed by atoms with van der Waals surface area (Å²) in [7, 11) is 0. The second-order valence-corrected chi connectivity index (χ2v) is 4.58. The Morgan fingerprint density at radius 2 is 2.23 bits per heavy atom. The van der Waals surface area contributed by atoms with Gasteiger partial charge in [-0.25, -0.2) is 4.98 Å².